The molecule has 4 unspecified atom stereocenters. The van der Waals surface area contributed by atoms with Gasteiger partial charge in [0.25, 0.3) is 0 Å². The third-order valence-corrected chi connectivity index (χ3v) is 8.84. The number of hydrogen-bond donors (Lipinski definition) is 1. The molecule has 0 radical (unpaired) electrons. The number of nitrogens with zero attached hydrogens (tertiary/aromatic N) is 1. The molecule has 152 valence electrons. The predicted molar refractivity (Wildman–Crippen MR) is 122 cm³/mol. The molecule has 3 fully saturated rings. The molecule has 4 atom stereocenters. The van der Waals surface area contributed by atoms with Gasteiger partial charge in [-0.05, 0) is 51.4 Å². The number of hydrazone groups is 1. The van der Waals surface area contributed by atoms with Crippen LogP contribution in [0.3, 0.4) is 0 Å². The molecule has 0 aromatic rings. The van der Waals surface area contributed by atoms with Gasteiger partial charge in [0.2, 0.25) is 0 Å². The average molecular weight is 450 g/mol. The number of nitrogens with one attached hydrogen (secondary N) is 1. The molecule has 0 amide bonds. The molecule has 0 spiro atoms. The lowest BCUT2D eigenvalue weighted by Crippen LogP contribution is -2.47. The van der Waals surface area contributed by atoms with Crippen molar-refractivity contribution in [2.24, 2.45) is 11.0 Å². The molecular weight excluding hydrogens is 419 g/mol. The minimum absolute atomic E-state index is 0.0178. The minimum Gasteiger partial charge on any atom is -0.304 e. The van der Waals surface area contributed by atoms with E-state index in [0.29, 0.717) is 10.5 Å². The maximum absolute atomic E-state index is 6.44. The summed E-state index contributed by atoms with van der Waals surface area (Å²) in [4.78, 5) is 0. The summed E-state index contributed by atoms with van der Waals surface area (Å²) in [5.74, 6) is 7.84. The summed E-state index contributed by atoms with van der Waals surface area (Å²) in [6.07, 6.45) is 11.9. The first-order valence-corrected chi connectivity index (χ1v) is 12.6. The number of alkyl halides is 3. The van der Waals surface area contributed by atoms with Crippen LogP contribution >= 0.6 is 46.6 Å². The van der Waals surface area contributed by atoms with Gasteiger partial charge in [-0.2, -0.15) is 5.10 Å². The van der Waals surface area contributed by atoms with Crippen molar-refractivity contribution in [1.82, 2.24) is 5.43 Å². The summed E-state index contributed by atoms with van der Waals surface area (Å²) in [5, 5.41) is 5.45. The van der Waals surface area contributed by atoms with Crippen molar-refractivity contribution in [3.63, 3.8) is 0 Å². The molecule has 1 aliphatic heterocycles. The Labute approximate surface area is 183 Å². The first-order valence-electron chi connectivity index (χ1n) is 10.4. The average Bonchev–Trinajstić information content (AvgIpc) is 3.10. The van der Waals surface area contributed by atoms with Gasteiger partial charge in [0, 0.05) is 22.8 Å². The van der Waals surface area contributed by atoms with Gasteiger partial charge in [0.15, 0.2) is 0 Å². The van der Waals surface area contributed by atoms with E-state index in [2.05, 4.69) is 29.3 Å². The third-order valence-electron chi connectivity index (χ3n) is 6.00. The van der Waals surface area contributed by atoms with E-state index in [9.17, 15) is 0 Å². The van der Waals surface area contributed by atoms with Crippen molar-refractivity contribution >= 4 is 52.3 Å². The largest absolute Gasteiger partial charge is 0.304 e. The number of rotatable bonds is 4. The molecule has 27 heavy (non-hydrogen) atoms. The summed E-state index contributed by atoms with van der Waals surface area (Å²) in [6, 6.07) is -0.0178. The Kier molecular flexibility index (Phi) is 8.83. The van der Waals surface area contributed by atoms with Crippen LogP contribution in [-0.4, -0.2) is 38.4 Å². The van der Waals surface area contributed by atoms with Crippen molar-refractivity contribution in [1.29, 1.82) is 0 Å². The Morgan fingerprint density at radius 3 is 2.44 bits per heavy atom. The first kappa shape index (κ1) is 21.9. The fourth-order valence-corrected chi connectivity index (χ4v) is 7.15. The molecule has 2 aliphatic carbocycles. The van der Waals surface area contributed by atoms with Gasteiger partial charge in [-0.25, -0.2) is 0 Å². The first-order chi connectivity index (χ1) is 13.0. The SMILES string of the molecule is C/C(=N\NC1C(Cl)CC(Cl)CC1Cl)C1CCC(C#CCC2CCCCC2)S1. The second-order valence-electron chi connectivity index (χ2n) is 8.23. The molecule has 0 bridgehead atoms. The van der Waals surface area contributed by atoms with Gasteiger partial charge < -0.3 is 5.43 Å². The fourth-order valence-electron chi connectivity index (χ4n) is 4.27. The Morgan fingerprint density at radius 1 is 1.04 bits per heavy atom. The second kappa shape index (κ2) is 10.9. The highest BCUT2D eigenvalue weighted by Gasteiger charge is 2.35. The number of thioether (sulfide) groups is 1. The Bertz CT molecular complexity index is 556. The quantitative estimate of drug-likeness (QED) is 0.240. The Morgan fingerprint density at radius 2 is 1.74 bits per heavy atom. The van der Waals surface area contributed by atoms with Crippen LogP contribution in [0.2, 0.25) is 0 Å². The van der Waals surface area contributed by atoms with Crippen molar-refractivity contribution in [2.75, 3.05) is 0 Å². The lowest BCUT2D eigenvalue weighted by molar-refractivity contribution is 0.365. The van der Waals surface area contributed by atoms with Gasteiger partial charge in [0.05, 0.1) is 22.0 Å². The van der Waals surface area contributed by atoms with E-state index in [4.69, 9.17) is 34.8 Å². The topological polar surface area (TPSA) is 24.4 Å². The van der Waals surface area contributed by atoms with E-state index in [1.807, 2.05) is 11.8 Å². The smallest absolute Gasteiger partial charge is 0.0768 e. The van der Waals surface area contributed by atoms with Gasteiger partial charge in [-0.1, -0.05) is 25.2 Å². The summed E-state index contributed by atoms with van der Waals surface area (Å²) < 4.78 is 0. The van der Waals surface area contributed by atoms with Crippen LogP contribution in [0.25, 0.3) is 0 Å². The number of hydrogen-bond acceptors (Lipinski definition) is 3. The highest BCUT2D eigenvalue weighted by Crippen LogP contribution is 2.35. The summed E-state index contributed by atoms with van der Waals surface area (Å²) in [6.45, 7) is 2.10. The van der Waals surface area contributed by atoms with Crippen LogP contribution in [0.1, 0.15) is 71.1 Å². The molecule has 2 saturated carbocycles. The Balaban J connectivity index is 1.44. The van der Waals surface area contributed by atoms with Gasteiger partial charge >= 0.3 is 0 Å². The zero-order chi connectivity index (χ0) is 19.2. The van der Waals surface area contributed by atoms with E-state index < -0.39 is 0 Å². The molecule has 1 N–H and O–H groups in total. The summed E-state index contributed by atoms with van der Waals surface area (Å²) in [7, 11) is 0. The molecule has 0 aromatic heterocycles. The van der Waals surface area contributed by atoms with E-state index in [0.717, 1.165) is 43.7 Å². The lowest BCUT2D eigenvalue weighted by atomic mass is 9.87. The maximum atomic E-state index is 6.44. The van der Waals surface area contributed by atoms with Crippen LogP contribution in [0.15, 0.2) is 5.10 Å². The van der Waals surface area contributed by atoms with E-state index in [1.165, 1.54) is 32.1 Å². The summed E-state index contributed by atoms with van der Waals surface area (Å²) >= 11 is 21.0. The van der Waals surface area contributed by atoms with Crippen molar-refractivity contribution < 1.29 is 0 Å². The molecule has 1 saturated heterocycles. The highest BCUT2D eigenvalue weighted by atomic mass is 35.5. The van der Waals surface area contributed by atoms with Crippen LogP contribution in [-0.2, 0) is 0 Å². The number of halogens is 3. The van der Waals surface area contributed by atoms with Crippen molar-refractivity contribution in [3.8, 4) is 11.8 Å². The van der Waals surface area contributed by atoms with E-state index in [-0.39, 0.29) is 22.2 Å². The second-order valence-corrected chi connectivity index (χ2v) is 11.4. The summed E-state index contributed by atoms with van der Waals surface area (Å²) in [5.41, 5.74) is 4.36. The van der Waals surface area contributed by atoms with E-state index >= 15 is 0 Å². The van der Waals surface area contributed by atoms with Crippen LogP contribution in [0.5, 0.6) is 0 Å². The normalized spacial score (nSPS) is 38.3. The zero-order valence-electron chi connectivity index (χ0n) is 16.1. The molecule has 2 nitrogen and oxygen atoms in total. The minimum atomic E-state index is -0.0741. The molecule has 0 aromatic carbocycles. The predicted octanol–water partition coefficient (Wildman–Crippen LogP) is 6.17. The lowest BCUT2D eigenvalue weighted by Gasteiger charge is -2.33. The van der Waals surface area contributed by atoms with E-state index in [1.54, 1.807) is 0 Å². The fraction of sp³-hybridized carbons (Fsp3) is 0.857. The maximum Gasteiger partial charge on any atom is 0.0768 e. The van der Waals surface area contributed by atoms with Crippen LogP contribution in [0, 0.1) is 17.8 Å². The molecule has 1 heterocycles. The Hall–Kier alpha value is 0.250. The van der Waals surface area contributed by atoms with Crippen molar-refractivity contribution in [3.05, 3.63) is 0 Å². The van der Waals surface area contributed by atoms with Gasteiger partial charge in [-0.15, -0.1) is 52.5 Å². The third kappa shape index (κ3) is 6.63. The highest BCUT2D eigenvalue weighted by molar-refractivity contribution is 8.01. The molecule has 3 rings (SSSR count). The molecule has 3 aliphatic rings. The van der Waals surface area contributed by atoms with Crippen LogP contribution < -0.4 is 5.43 Å². The standard InChI is InChI=1S/C21H31Cl3N2S/c1-14(25-26-21-18(23)12-16(22)13-19(21)24)20-11-10-17(27-20)9-5-8-15-6-3-2-4-7-15/h15-21,26H,2-4,6-8,10-13H2,1H3/b25-14+. The van der Waals surface area contributed by atoms with Gasteiger partial charge in [-0.3, -0.25) is 0 Å². The molecule has 6 heteroatoms. The monoisotopic (exact) mass is 448 g/mol. The van der Waals surface area contributed by atoms with Crippen molar-refractivity contribution in [2.45, 2.75) is 104 Å². The van der Waals surface area contributed by atoms with Gasteiger partial charge in [0.1, 0.15) is 0 Å². The van der Waals surface area contributed by atoms with Crippen LogP contribution in [0.4, 0.5) is 0 Å². The zero-order valence-corrected chi connectivity index (χ0v) is 19.2. The molecular formula is C21H31Cl3N2S.